The topological polar surface area (TPSA) is 26.0 Å². The minimum absolute atomic E-state index is 0.253. The number of hydrogen-bond donors (Lipinski definition) is 1. The summed E-state index contributed by atoms with van der Waals surface area (Å²) in [4.78, 5) is 0. The van der Waals surface area contributed by atoms with Crippen molar-refractivity contribution in [3.63, 3.8) is 0 Å². The van der Waals surface area contributed by atoms with Gasteiger partial charge in [-0.1, -0.05) is 51.0 Å². The third-order valence-electron chi connectivity index (χ3n) is 3.90. The molecule has 16 heavy (non-hydrogen) atoms. The molecule has 88 valence electrons. The summed E-state index contributed by atoms with van der Waals surface area (Å²) in [6, 6.07) is 9.16. The summed E-state index contributed by atoms with van der Waals surface area (Å²) >= 11 is 0. The lowest BCUT2D eigenvalue weighted by Gasteiger charge is -2.19. The number of nitrogens with two attached hydrogens (primary N) is 1. The lowest BCUT2D eigenvalue weighted by Crippen LogP contribution is -2.19. The van der Waals surface area contributed by atoms with E-state index in [0.717, 1.165) is 0 Å². The molecule has 1 aromatic rings. The molecule has 0 aliphatic heterocycles. The molecule has 0 saturated heterocycles. The summed E-state index contributed by atoms with van der Waals surface area (Å²) in [7, 11) is 0. The largest absolute Gasteiger partial charge is 0.324 e. The van der Waals surface area contributed by atoms with Crippen molar-refractivity contribution in [2.75, 3.05) is 0 Å². The van der Waals surface area contributed by atoms with Gasteiger partial charge < -0.3 is 5.73 Å². The van der Waals surface area contributed by atoms with Crippen LogP contribution >= 0.6 is 0 Å². The minimum Gasteiger partial charge on any atom is -0.324 e. The third-order valence-corrected chi connectivity index (χ3v) is 3.90. The Kier molecular flexibility index (Phi) is 3.65. The monoisotopic (exact) mass is 217 g/mol. The van der Waals surface area contributed by atoms with Gasteiger partial charge in [0, 0.05) is 6.04 Å². The second-order valence-corrected chi connectivity index (χ2v) is 5.39. The summed E-state index contributed by atoms with van der Waals surface area (Å²) in [5.74, 6) is 1.32. The van der Waals surface area contributed by atoms with Crippen LogP contribution in [0, 0.1) is 5.92 Å². The van der Waals surface area contributed by atoms with E-state index in [1.165, 1.54) is 36.8 Å². The Labute approximate surface area is 99.0 Å². The first-order chi connectivity index (χ1) is 7.68. The molecule has 2 rings (SSSR count). The number of benzene rings is 1. The summed E-state index contributed by atoms with van der Waals surface area (Å²) < 4.78 is 0. The molecule has 1 saturated carbocycles. The van der Waals surface area contributed by atoms with Gasteiger partial charge in [0.1, 0.15) is 0 Å². The summed E-state index contributed by atoms with van der Waals surface area (Å²) in [6.45, 7) is 4.46. The van der Waals surface area contributed by atoms with Crippen molar-refractivity contribution < 1.29 is 0 Å². The Balaban J connectivity index is 2.08. The molecule has 1 nitrogen and oxygen atoms in total. The first-order valence-electron chi connectivity index (χ1n) is 6.54. The van der Waals surface area contributed by atoms with Crippen LogP contribution in [-0.4, -0.2) is 0 Å². The van der Waals surface area contributed by atoms with Crippen LogP contribution in [0.3, 0.4) is 0 Å². The highest BCUT2D eigenvalue weighted by Gasteiger charge is 2.22. The molecule has 0 radical (unpaired) electrons. The van der Waals surface area contributed by atoms with E-state index in [2.05, 4.69) is 38.1 Å². The normalized spacial score (nSPS) is 19.2. The predicted octanol–water partition coefficient (Wildman–Crippen LogP) is 4.00. The van der Waals surface area contributed by atoms with Gasteiger partial charge in [0.15, 0.2) is 0 Å². The van der Waals surface area contributed by atoms with E-state index < -0.39 is 0 Å². The van der Waals surface area contributed by atoms with Crippen LogP contribution in [-0.2, 0) is 0 Å². The van der Waals surface area contributed by atoms with Crippen molar-refractivity contribution in [1.82, 2.24) is 0 Å². The molecule has 1 heteroatoms. The molecular weight excluding hydrogens is 194 g/mol. The fraction of sp³-hybridized carbons (Fsp3) is 0.600. The zero-order valence-corrected chi connectivity index (χ0v) is 10.4. The van der Waals surface area contributed by atoms with Crippen molar-refractivity contribution in [3.05, 3.63) is 35.4 Å². The molecule has 1 aliphatic rings. The highest BCUT2D eigenvalue weighted by Crippen LogP contribution is 2.34. The quantitative estimate of drug-likeness (QED) is 0.813. The fourth-order valence-electron chi connectivity index (χ4n) is 2.69. The van der Waals surface area contributed by atoms with E-state index in [-0.39, 0.29) is 6.04 Å². The van der Waals surface area contributed by atoms with Crippen molar-refractivity contribution >= 4 is 0 Å². The molecular formula is C15H23N. The maximum absolute atomic E-state index is 6.33. The van der Waals surface area contributed by atoms with Crippen molar-refractivity contribution in [2.45, 2.75) is 51.5 Å². The lowest BCUT2D eigenvalue weighted by atomic mass is 9.91. The van der Waals surface area contributed by atoms with E-state index in [0.29, 0.717) is 11.8 Å². The second kappa shape index (κ2) is 5.01. The molecule has 0 amide bonds. The smallest absolute Gasteiger partial charge is 0.0323 e. The Morgan fingerprint density at radius 1 is 1.00 bits per heavy atom. The van der Waals surface area contributed by atoms with Gasteiger partial charge in [0.25, 0.3) is 0 Å². The van der Waals surface area contributed by atoms with Gasteiger partial charge in [-0.15, -0.1) is 0 Å². The van der Waals surface area contributed by atoms with Gasteiger partial charge >= 0.3 is 0 Å². The van der Waals surface area contributed by atoms with Crippen LogP contribution in [0.15, 0.2) is 24.3 Å². The van der Waals surface area contributed by atoms with Crippen molar-refractivity contribution in [3.8, 4) is 0 Å². The molecule has 0 aromatic heterocycles. The standard InChI is InChI=1S/C15H23N/c1-11(2)12-7-9-14(10-8-12)15(16)13-5-3-4-6-13/h7-11,13,15H,3-6,16H2,1-2H3/t15-/m0/s1. The zero-order valence-electron chi connectivity index (χ0n) is 10.4. The van der Waals surface area contributed by atoms with Gasteiger partial charge in [-0.2, -0.15) is 0 Å². The lowest BCUT2D eigenvalue weighted by molar-refractivity contribution is 0.445. The highest BCUT2D eigenvalue weighted by molar-refractivity contribution is 5.27. The van der Waals surface area contributed by atoms with Crippen LogP contribution < -0.4 is 5.73 Å². The van der Waals surface area contributed by atoms with E-state index in [9.17, 15) is 0 Å². The SMILES string of the molecule is CC(C)c1ccc([C@@H](N)C2CCCC2)cc1. The average molecular weight is 217 g/mol. The molecule has 1 aliphatic carbocycles. The maximum Gasteiger partial charge on any atom is 0.0323 e. The summed E-state index contributed by atoms with van der Waals surface area (Å²) in [5.41, 5.74) is 9.05. The van der Waals surface area contributed by atoms with Gasteiger partial charge in [-0.3, -0.25) is 0 Å². The molecule has 2 N–H and O–H groups in total. The highest BCUT2D eigenvalue weighted by atomic mass is 14.7. The zero-order chi connectivity index (χ0) is 11.5. The minimum atomic E-state index is 0.253. The van der Waals surface area contributed by atoms with E-state index in [4.69, 9.17) is 5.73 Å². The molecule has 1 aromatic carbocycles. The van der Waals surface area contributed by atoms with Crippen molar-refractivity contribution in [2.24, 2.45) is 11.7 Å². The van der Waals surface area contributed by atoms with Crippen LogP contribution in [0.4, 0.5) is 0 Å². The van der Waals surface area contributed by atoms with Gasteiger partial charge in [-0.25, -0.2) is 0 Å². The van der Waals surface area contributed by atoms with Gasteiger partial charge in [-0.05, 0) is 35.8 Å². The van der Waals surface area contributed by atoms with Gasteiger partial charge in [0.05, 0.1) is 0 Å². The summed E-state index contributed by atoms with van der Waals surface area (Å²) in [6.07, 6.45) is 5.35. The second-order valence-electron chi connectivity index (χ2n) is 5.39. The van der Waals surface area contributed by atoms with Crippen LogP contribution in [0.5, 0.6) is 0 Å². The Bertz CT molecular complexity index is 320. The van der Waals surface area contributed by atoms with Crippen LogP contribution in [0.2, 0.25) is 0 Å². The molecule has 1 atom stereocenters. The molecule has 0 unspecified atom stereocenters. The van der Waals surface area contributed by atoms with Crippen LogP contribution in [0.25, 0.3) is 0 Å². The fourth-order valence-corrected chi connectivity index (χ4v) is 2.69. The predicted molar refractivity (Wildman–Crippen MR) is 69.4 cm³/mol. The van der Waals surface area contributed by atoms with E-state index >= 15 is 0 Å². The number of rotatable bonds is 3. The Morgan fingerprint density at radius 3 is 2.00 bits per heavy atom. The molecule has 0 bridgehead atoms. The van der Waals surface area contributed by atoms with Gasteiger partial charge in [0.2, 0.25) is 0 Å². The molecule has 0 spiro atoms. The first-order valence-corrected chi connectivity index (χ1v) is 6.54. The first kappa shape index (κ1) is 11.7. The third kappa shape index (κ3) is 2.46. The van der Waals surface area contributed by atoms with E-state index in [1.807, 2.05) is 0 Å². The van der Waals surface area contributed by atoms with E-state index in [1.54, 1.807) is 0 Å². The molecule has 0 heterocycles. The molecule has 1 fully saturated rings. The maximum atomic E-state index is 6.33. The average Bonchev–Trinajstić information content (AvgIpc) is 2.81. The van der Waals surface area contributed by atoms with Crippen molar-refractivity contribution in [1.29, 1.82) is 0 Å². The van der Waals surface area contributed by atoms with Crippen LogP contribution in [0.1, 0.15) is 62.6 Å². The number of hydrogen-bond acceptors (Lipinski definition) is 1. The Morgan fingerprint density at radius 2 is 1.50 bits per heavy atom. The summed E-state index contributed by atoms with van der Waals surface area (Å²) in [5, 5.41) is 0. The Hall–Kier alpha value is -0.820.